The van der Waals surface area contributed by atoms with Crippen molar-refractivity contribution < 1.29 is 14.6 Å². The van der Waals surface area contributed by atoms with Crippen LogP contribution in [0.1, 0.15) is 116 Å². The summed E-state index contributed by atoms with van der Waals surface area (Å²) >= 11 is 0. The van der Waals surface area contributed by atoms with Crippen molar-refractivity contribution in [2.45, 2.75) is 135 Å². The van der Waals surface area contributed by atoms with Gasteiger partial charge in [-0.25, -0.2) is 4.79 Å². The number of aliphatic hydroxyl groups excluding tert-OH is 1. The first-order valence-electron chi connectivity index (χ1n) is 13.3. The molecule has 190 valence electrons. The highest BCUT2D eigenvalue weighted by molar-refractivity contribution is 4.93. The molecule has 0 amide bonds. The average molecular weight is 467 g/mol. The molecule has 2 unspecified atom stereocenters. The summed E-state index contributed by atoms with van der Waals surface area (Å²) in [6, 6.07) is 1.28. The molecule has 1 aromatic rings. The van der Waals surface area contributed by atoms with Crippen LogP contribution in [0.3, 0.4) is 0 Å². The molecule has 1 fully saturated rings. The molecule has 2 N–H and O–H groups in total. The number of H-pyrrole nitrogens is 1. The van der Waals surface area contributed by atoms with Crippen molar-refractivity contribution in [1.29, 1.82) is 0 Å². The van der Waals surface area contributed by atoms with Gasteiger partial charge in [0.05, 0.1) is 6.10 Å². The quantitative estimate of drug-likeness (QED) is 0.295. The van der Waals surface area contributed by atoms with Gasteiger partial charge >= 0.3 is 5.69 Å². The second-order valence-electron chi connectivity index (χ2n) is 9.41. The van der Waals surface area contributed by atoms with Crippen LogP contribution < -0.4 is 11.2 Å². The zero-order chi connectivity index (χ0) is 23.9. The number of aromatic nitrogens is 2. The maximum Gasteiger partial charge on any atom is 0.330 e. The summed E-state index contributed by atoms with van der Waals surface area (Å²) in [4.78, 5) is 25.8. The van der Waals surface area contributed by atoms with Crippen molar-refractivity contribution in [2.75, 3.05) is 6.61 Å². The number of ether oxygens (including phenoxy) is 2. The van der Waals surface area contributed by atoms with E-state index in [-0.39, 0.29) is 0 Å². The Labute approximate surface area is 198 Å². The SMILES string of the molecule is CCCCCCCCCCCCCCCCOC1C(O)[C@@H](CC)O[C@H]1n1ccc(=O)[nH]c1=O. The minimum absolute atomic E-state index is 0.393. The molecule has 0 radical (unpaired) electrons. The molecule has 0 saturated carbocycles. The molecule has 0 bridgehead atoms. The average Bonchev–Trinajstić information content (AvgIpc) is 3.11. The van der Waals surface area contributed by atoms with Crippen molar-refractivity contribution in [2.24, 2.45) is 0 Å². The first kappa shape index (κ1) is 27.8. The van der Waals surface area contributed by atoms with E-state index in [1.807, 2.05) is 6.92 Å². The molecule has 1 aliphatic rings. The normalized spacial score (nSPS) is 22.8. The Bertz CT molecular complexity index is 747. The van der Waals surface area contributed by atoms with E-state index in [0.29, 0.717) is 13.0 Å². The van der Waals surface area contributed by atoms with Crippen molar-refractivity contribution in [3.05, 3.63) is 33.1 Å². The fraction of sp³-hybridized carbons (Fsp3) is 0.846. The van der Waals surface area contributed by atoms with Gasteiger partial charge in [-0.05, 0) is 12.8 Å². The van der Waals surface area contributed by atoms with Crippen molar-refractivity contribution in [3.63, 3.8) is 0 Å². The van der Waals surface area contributed by atoms with Crippen LogP contribution in [0, 0.1) is 0 Å². The van der Waals surface area contributed by atoms with Gasteiger partial charge in [0.25, 0.3) is 5.56 Å². The summed E-state index contributed by atoms with van der Waals surface area (Å²) in [5, 5.41) is 10.6. The lowest BCUT2D eigenvalue weighted by Crippen LogP contribution is -2.39. The summed E-state index contributed by atoms with van der Waals surface area (Å²) in [5.74, 6) is 0. The Balaban J connectivity index is 1.58. The molecule has 0 aromatic carbocycles. The standard InChI is InChI=1S/C26H46N2O5/c1-3-5-6-7-8-9-10-11-12-13-14-15-16-17-20-32-24-23(30)21(4-2)33-25(24)28-19-18-22(29)27-26(28)31/h18-19,21,23-25,30H,3-17,20H2,1-2H3,(H,27,29,31)/t21-,23?,24?,25-/m1/s1. The van der Waals surface area contributed by atoms with E-state index in [2.05, 4.69) is 11.9 Å². The van der Waals surface area contributed by atoms with Gasteiger partial charge in [0.1, 0.15) is 12.2 Å². The molecule has 0 spiro atoms. The van der Waals surface area contributed by atoms with E-state index < -0.39 is 35.8 Å². The van der Waals surface area contributed by atoms with Crippen LogP contribution in [0.25, 0.3) is 0 Å². The minimum atomic E-state index is -0.800. The first-order valence-corrected chi connectivity index (χ1v) is 13.3. The molecule has 4 atom stereocenters. The monoisotopic (exact) mass is 466 g/mol. The van der Waals surface area contributed by atoms with Crippen molar-refractivity contribution >= 4 is 0 Å². The summed E-state index contributed by atoms with van der Waals surface area (Å²) in [5.41, 5.74) is -1.01. The maximum absolute atomic E-state index is 12.2. The van der Waals surface area contributed by atoms with Gasteiger partial charge in [0, 0.05) is 18.9 Å². The van der Waals surface area contributed by atoms with Gasteiger partial charge in [-0.15, -0.1) is 0 Å². The molecular weight excluding hydrogens is 420 g/mol. The number of aromatic amines is 1. The lowest BCUT2D eigenvalue weighted by molar-refractivity contribution is -0.0714. The number of hydrogen-bond acceptors (Lipinski definition) is 5. The third-order valence-electron chi connectivity index (χ3n) is 6.65. The van der Waals surface area contributed by atoms with Crippen molar-refractivity contribution in [3.8, 4) is 0 Å². The highest BCUT2D eigenvalue weighted by Crippen LogP contribution is 2.32. The first-order chi connectivity index (χ1) is 16.1. The van der Waals surface area contributed by atoms with E-state index in [4.69, 9.17) is 9.47 Å². The Morgan fingerprint density at radius 1 is 0.909 bits per heavy atom. The Morgan fingerprint density at radius 2 is 1.45 bits per heavy atom. The fourth-order valence-electron chi connectivity index (χ4n) is 4.60. The largest absolute Gasteiger partial charge is 0.388 e. The third-order valence-corrected chi connectivity index (χ3v) is 6.65. The molecule has 2 rings (SSSR count). The van der Waals surface area contributed by atoms with E-state index in [9.17, 15) is 14.7 Å². The molecule has 1 aliphatic heterocycles. The lowest BCUT2D eigenvalue weighted by Gasteiger charge is -2.22. The number of nitrogens with one attached hydrogen (secondary N) is 1. The molecule has 0 aliphatic carbocycles. The van der Waals surface area contributed by atoms with Crippen LogP contribution >= 0.6 is 0 Å². The molecule has 1 saturated heterocycles. The molecule has 7 heteroatoms. The van der Waals surface area contributed by atoms with Crippen LogP contribution in [0.5, 0.6) is 0 Å². The third kappa shape index (κ3) is 9.75. The number of nitrogens with zero attached hydrogens (tertiary/aromatic N) is 1. The van der Waals surface area contributed by atoms with Gasteiger partial charge < -0.3 is 14.6 Å². The van der Waals surface area contributed by atoms with E-state index >= 15 is 0 Å². The van der Waals surface area contributed by atoms with Gasteiger partial charge in [-0.3, -0.25) is 14.3 Å². The minimum Gasteiger partial charge on any atom is -0.388 e. The second-order valence-corrected chi connectivity index (χ2v) is 9.41. The maximum atomic E-state index is 12.2. The zero-order valence-corrected chi connectivity index (χ0v) is 20.8. The summed E-state index contributed by atoms with van der Waals surface area (Å²) in [7, 11) is 0. The smallest absolute Gasteiger partial charge is 0.330 e. The number of hydrogen-bond donors (Lipinski definition) is 2. The topological polar surface area (TPSA) is 93.5 Å². The predicted octanol–water partition coefficient (Wildman–Crippen LogP) is 5.07. The van der Waals surface area contributed by atoms with Gasteiger partial charge in [-0.2, -0.15) is 0 Å². The van der Waals surface area contributed by atoms with Gasteiger partial charge in [-0.1, -0.05) is 97.3 Å². The molecular formula is C26H46N2O5. The van der Waals surface area contributed by atoms with Crippen LogP contribution in [-0.2, 0) is 9.47 Å². The van der Waals surface area contributed by atoms with E-state index in [1.165, 1.54) is 93.9 Å². The van der Waals surface area contributed by atoms with E-state index in [1.54, 1.807) is 0 Å². The van der Waals surface area contributed by atoms with Crippen LogP contribution in [0.15, 0.2) is 21.9 Å². The van der Waals surface area contributed by atoms with Crippen LogP contribution in [0.4, 0.5) is 0 Å². The zero-order valence-electron chi connectivity index (χ0n) is 20.8. The van der Waals surface area contributed by atoms with E-state index in [0.717, 1.165) is 12.8 Å². The summed E-state index contributed by atoms with van der Waals surface area (Å²) in [6.45, 7) is 4.71. The molecule has 1 aromatic heterocycles. The molecule has 33 heavy (non-hydrogen) atoms. The summed E-state index contributed by atoms with van der Waals surface area (Å²) < 4.78 is 13.2. The van der Waals surface area contributed by atoms with Gasteiger partial charge in [0.15, 0.2) is 6.23 Å². The van der Waals surface area contributed by atoms with Gasteiger partial charge in [0.2, 0.25) is 0 Å². The highest BCUT2D eigenvalue weighted by atomic mass is 16.6. The van der Waals surface area contributed by atoms with Crippen molar-refractivity contribution in [1.82, 2.24) is 9.55 Å². The lowest BCUT2D eigenvalue weighted by atomic mass is 10.0. The highest BCUT2D eigenvalue weighted by Gasteiger charge is 2.44. The number of unbranched alkanes of at least 4 members (excludes halogenated alkanes) is 13. The van der Waals surface area contributed by atoms with Crippen LogP contribution in [0.2, 0.25) is 0 Å². The number of rotatable bonds is 18. The predicted molar refractivity (Wildman–Crippen MR) is 132 cm³/mol. The number of aliphatic hydroxyl groups is 1. The molecule has 2 heterocycles. The Kier molecular flexibility index (Phi) is 13.7. The fourth-order valence-corrected chi connectivity index (χ4v) is 4.60. The Hall–Kier alpha value is -1.44. The summed E-state index contributed by atoms with van der Waals surface area (Å²) in [6.07, 6.45) is 17.6. The molecule has 7 nitrogen and oxygen atoms in total. The Morgan fingerprint density at radius 3 is 1.97 bits per heavy atom. The van der Waals surface area contributed by atoms with Crippen LogP contribution in [-0.4, -0.2) is 39.6 Å². The second kappa shape index (κ2) is 16.2.